The van der Waals surface area contributed by atoms with Gasteiger partial charge < -0.3 is 20.5 Å². The lowest BCUT2D eigenvalue weighted by Crippen LogP contribution is -2.50. The van der Waals surface area contributed by atoms with E-state index in [0.717, 1.165) is 0 Å². The van der Waals surface area contributed by atoms with E-state index in [2.05, 4.69) is 21.3 Å². The van der Waals surface area contributed by atoms with Gasteiger partial charge in [-0.25, -0.2) is 13.4 Å². The molecule has 4 rings (SSSR count). The number of nitrogen functional groups attached to an aromatic ring is 1. The van der Waals surface area contributed by atoms with E-state index in [0.29, 0.717) is 43.0 Å². The van der Waals surface area contributed by atoms with Crippen LogP contribution in [0.5, 0.6) is 0 Å². The van der Waals surface area contributed by atoms with Crippen LogP contribution < -0.4 is 10.5 Å². The first kappa shape index (κ1) is 24.7. The third-order valence-electron chi connectivity index (χ3n) is 5.74. The zero-order chi connectivity index (χ0) is 25.7. The summed E-state index contributed by atoms with van der Waals surface area (Å²) in [5.41, 5.74) is 7.48. The number of anilines is 2. The number of hydrogen-bond acceptors (Lipinski definition) is 6. The summed E-state index contributed by atoms with van der Waals surface area (Å²) in [6.45, 7) is 5.16. The molecule has 11 heteroatoms. The van der Waals surface area contributed by atoms with Crippen molar-refractivity contribution < 1.29 is 18.0 Å². The van der Waals surface area contributed by atoms with E-state index in [1.54, 1.807) is 58.5 Å². The highest BCUT2D eigenvalue weighted by atomic mass is 32.2. The monoisotopic (exact) mass is 506 g/mol. The Morgan fingerprint density at radius 1 is 1.03 bits per heavy atom. The molecule has 36 heavy (non-hydrogen) atoms. The number of sulfonamides is 1. The molecule has 2 amide bonds. The van der Waals surface area contributed by atoms with Crippen molar-refractivity contribution in [3.8, 4) is 0 Å². The van der Waals surface area contributed by atoms with Crippen molar-refractivity contribution in [1.82, 2.24) is 19.8 Å². The van der Waals surface area contributed by atoms with Gasteiger partial charge >= 0.3 is 0 Å². The fourth-order valence-electron chi connectivity index (χ4n) is 3.83. The van der Waals surface area contributed by atoms with Gasteiger partial charge in [0.25, 0.3) is 21.8 Å². The van der Waals surface area contributed by atoms with Gasteiger partial charge in [0, 0.05) is 49.8 Å². The first-order chi connectivity index (χ1) is 17.3. The molecule has 0 saturated carbocycles. The number of nitrogens with two attached hydrogens (primary N) is 1. The Labute approximate surface area is 209 Å². The van der Waals surface area contributed by atoms with Crippen LogP contribution in [0.1, 0.15) is 26.5 Å². The predicted molar refractivity (Wildman–Crippen MR) is 138 cm³/mol. The number of amides is 2. The van der Waals surface area contributed by atoms with Crippen LogP contribution in [-0.2, 0) is 10.0 Å². The number of nitrogens with zero attached hydrogens (tertiary/aromatic N) is 3. The van der Waals surface area contributed by atoms with Gasteiger partial charge in [-0.1, -0.05) is 36.9 Å². The van der Waals surface area contributed by atoms with Gasteiger partial charge in [-0.3, -0.25) is 14.3 Å². The zero-order valence-electron chi connectivity index (χ0n) is 19.4. The zero-order valence-corrected chi connectivity index (χ0v) is 20.2. The van der Waals surface area contributed by atoms with Crippen LogP contribution in [0.25, 0.3) is 6.08 Å². The molecule has 1 aliphatic heterocycles. The Morgan fingerprint density at radius 3 is 2.31 bits per heavy atom. The number of hydrogen-bond donors (Lipinski definition) is 3. The minimum absolute atomic E-state index is 0.0455. The first-order valence-electron chi connectivity index (χ1n) is 11.2. The number of benzene rings is 2. The number of para-hydroxylation sites is 1. The second kappa shape index (κ2) is 10.5. The molecule has 3 aromatic rings. The number of aromatic nitrogens is 2. The molecule has 0 atom stereocenters. The third kappa shape index (κ3) is 5.31. The van der Waals surface area contributed by atoms with Crippen LogP contribution in [0.15, 0.2) is 78.5 Å². The Bertz CT molecular complexity index is 1390. The summed E-state index contributed by atoms with van der Waals surface area (Å²) in [4.78, 5) is 35.4. The molecule has 1 aliphatic rings. The smallest absolute Gasteiger partial charge is 0.289 e. The van der Waals surface area contributed by atoms with Gasteiger partial charge in [0.15, 0.2) is 5.82 Å². The molecule has 1 aromatic heterocycles. The molecule has 0 spiro atoms. The molecule has 186 valence electrons. The second-order valence-electron chi connectivity index (χ2n) is 8.06. The number of rotatable bonds is 7. The summed E-state index contributed by atoms with van der Waals surface area (Å²) in [6, 6.07) is 10.9. The van der Waals surface area contributed by atoms with Gasteiger partial charge in [-0.15, -0.1) is 0 Å². The SMILES string of the molecule is C=C/C=C\c1cccc(S(=O)(=O)Nc2ccc(C(=O)N3CCN(C(=O)c4ncc[nH]4)CC3)cc2)c1N. The van der Waals surface area contributed by atoms with Crippen LogP contribution in [0.3, 0.4) is 0 Å². The number of nitrogens with one attached hydrogen (secondary N) is 2. The maximum atomic E-state index is 12.9. The number of imidazole rings is 1. The summed E-state index contributed by atoms with van der Waals surface area (Å²) in [5.74, 6) is -0.123. The van der Waals surface area contributed by atoms with E-state index in [1.165, 1.54) is 24.4 Å². The molecule has 1 fully saturated rings. The van der Waals surface area contributed by atoms with E-state index in [-0.39, 0.29) is 28.2 Å². The van der Waals surface area contributed by atoms with E-state index >= 15 is 0 Å². The summed E-state index contributed by atoms with van der Waals surface area (Å²) >= 11 is 0. The molecule has 0 aliphatic carbocycles. The first-order valence-corrected chi connectivity index (χ1v) is 12.7. The van der Waals surface area contributed by atoms with Crippen molar-refractivity contribution in [1.29, 1.82) is 0 Å². The molecule has 1 saturated heterocycles. The summed E-state index contributed by atoms with van der Waals surface area (Å²) < 4.78 is 28.4. The summed E-state index contributed by atoms with van der Waals surface area (Å²) in [6.07, 6.45) is 8.02. The number of aromatic amines is 1. The highest BCUT2D eigenvalue weighted by molar-refractivity contribution is 7.92. The molecular formula is C25H26N6O4S. The van der Waals surface area contributed by atoms with Crippen LogP contribution >= 0.6 is 0 Å². The van der Waals surface area contributed by atoms with E-state index in [9.17, 15) is 18.0 Å². The van der Waals surface area contributed by atoms with Crippen molar-refractivity contribution in [3.05, 3.63) is 90.5 Å². The Morgan fingerprint density at radius 2 is 1.69 bits per heavy atom. The van der Waals surface area contributed by atoms with Gasteiger partial charge in [-0.2, -0.15) is 0 Å². The number of piperazine rings is 1. The lowest BCUT2D eigenvalue weighted by atomic mass is 10.1. The van der Waals surface area contributed by atoms with Gasteiger partial charge in [-0.05, 0) is 35.9 Å². The van der Waals surface area contributed by atoms with Gasteiger partial charge in [0.2, 0.25) is 0 Å². The van der Waals surface area contributed by atoms with Gasteiger partial charge in [0.05, 0.1) is 5.69 Å². The summed E-state index contributed by atoms with van der Waals surface area (Å²) in [7, 11) is -3.95. The number of carbonyl (C=O) groups is 2. The van der Waals surface area contributed by atoms with Crippen molar-refractivity contribution in [2.45, 2.75) is 4.90 Å². The average molecular weight is 507 g/mol. The lowest BCUT2D eigenvalue weighted by molar-refractivity contribution is 0.0529. The molecule has 2 heterocycles. The van der Waals surface area contributed by atoms with E-state index < -0.39 is 10.0 Å². The topological polar surface area (TPSA) is 141 Å². The fourth-order valence-corrected chi connectivity index (χ4v) is 5.05. The normalized spacial score (nSPS) is 14.1. The Kier molecular flexibility index (Phi) is 7.20. The molecule has 0 radical (unpaired) electrons. The van der Waals surface area contributed by atoms with E-state index in [4.69, 9.17) is 5.73 Å². The van der Waals surface area contributed by atoms with Crippen molar-refractivity contribution in [2.75, 3.05) is 36.6 Å². The lowest BCUT2D eigenvalue weighted by Gasteiger charge is -2.34. The van der Waals surface area contributed by atoms with Crippen LogP contribution in [0.4, 0.5) is 11.4 Å². The molecule has 4 N–H and O–H groups in total. The maximum absolute atomic E-state index is 12.9. The van der Waals surface area contributed by atoms with Crippen molar-refractivity contribution in [3.63, 3.8) is 0 Å². The highest BCUT2D eigenvalue weighted by Crippen LogP contribution is 2.26. The molecule has 0 bridgehead atoms. The van der Waals surface area contributed by atoms with Crippen LogP contribution in [0.2, 0.25) is 0 Å². The quantitative estimate of drug-likeness (QED) is 0.332. The number of H-pyrrole nitrogens is 1. The van der Waals surface area contributed by atoms with Crippen molar-refractivity contribution >= 4 is 39.3 Å². The van der Waals surface area contributed by atoms with Crippen LogP contribution in [-0.4, -0.2) is 66.2 Å². The Balaban J connectivity index is 1.40. The standard InChI is InChI=1S/C25H26N6O4S/c1-2-3-5-18-6-4-7-21(22(18)26)36(34,35)29-20-10-8-19(9-11-20)24(32)30-14-16-31(17-15-30)25(33)23-27-12-13-28-23/h2-13,29H,1,14-17,26H2,(H,27,28)/b5-3-. The minimum Gasteiger partial charge on any atom is -0.397 e. The second-order valence-corrected chi connectivity index (χ2v) is 9.71. The fraction of sp³-hybridized carbons (Fsp3) is 0.160. The predicted octanol–water partition coefficient (Wildman–Crippen LogP) is 2.59. The largest absolute Gasteiger partial charge is 0.397 e. The Hall–Kier alpha value is -4.38. The van der Waals surface area contributed by atoms with E-state index in [1.807, 2.05) is 0 Å². The van der Waals surface area contributed by atoms with Crippen LogP contribution in [0, 0.1) is 0 Å². The molecule has 2 aromatic carbocycles. The molecule has 10 nitrogen and oxygen atoms in total. The number of carbonyl (C=O) groups excluding carboxylic acids is 2. The number of allylic oxidation sites excluding steroid dienone is 2. The minimum atomic E-state index is -3.95. The summed E-state index contributed by atoms with van der Waals surface area (Å²) in [5, 5.41) is 0. The maximum Gasteiger partial charge on any atom is 0.289 e. The average Bonchev–Trinajstić information content (AvgIpc) is 3.43. The third-order valence-corrected chi connectivity index (χ3v) is 7.18. The highest BCUT2D eigenvalue weighted by Gasteiger charge is 2.26. The van der Waals surface area contributed by atoms with Gasteiger partial charge in [0.1, 0.15) is 4.90 Å². The molecular weight excluding hydrogens is 480 g/mol. The van der Waals surface area contributed by atoms with Crippen molar-refractivity contribution in [2.24, 2.45) is 0 Å². The molecule has 0 unspecified atom stereocenters.